The normalized spacial score (nSPS) is 19.6. The van der Waals surface area contributed by atoms with Crippen LogP contribution in [0.3, 0.4) is 0 Å². The highest BCUT2D eigenvalue weighted by molar-refractivity contribution is 7.88. The lowest BCUT2D eigenvalue weighted by Crippen LogP contribution is -2.45. The summed E-state index contributed by atoms with van der Waals surface area (Å²) in [7, 11) is -3.31. The summed E-state index contributed by atoms with van der Waals surface area (Å²) in [6, 6.07) is 5.20. The van der Waals surface area contributed by atoms with Gasteiger partial charge in [0, 0.05) is 25.0 Å². The molecule has 0 aliphatic carbocycles. The maximum absolute atomic E-state index is 12.1. The molecular weight excluding hydrogens is 290 g/mol. The Morgan fingerprint density at radius 3 is 2.95 bits per heavy atom. The average Bonchev–Trinajstić information content (AvgIpc) is 2.94. The zero-order chi connectivity index (χ0) is 15.3. The van der Waals surface area contributed by atoms with Crippen molar-refractivity contribution in [3.63, 3.8) is 0 Å². The lowest BCUT2D eigenvalue weighted by molar-refractivity contribution is -0.124. The van der Waals surface area contributed by atoms with Gasteiger partial charge >= 0.3 is 0 Å². The lowest BCUT2D eigenvalue weighted by atomic mass is 10.2. The Hall–Kier alpha value is -1.47. The first kappa shape index (κ1) is 15.9. The number of carbonyl (C=O) groups excluding carboxylic acids is 1. The molecule has 1 aliphatic rings. The smallest absolute Gasteiger partial charge is 0.238 e. The Balaban J connectivity index is 1.77. The number of hydrogen-bond acceptors (Lipinski definition) is 4. The first-order chi connectivity index (χ1) is 9.98. The quantitative estimate of drug-likeness (QED) is 0.778. The fourth-order valence-corrected chi connectivity index (χ4v) is 3.67. The van der Waals surface area contributed by atoms with Gasteiger partial charge in [-0.25, -0.2) is 8.42 Å². The lowest BCUT2D eigenvalue weighted by Gasteiger charge is -2.21. The monoisotopic (exact) mass is 311 g/mol. The number of rotatable bonds is 6. The van der Waals surface area contributed by atoms with Crippen molar-refractivity contribution in [1.29, 1.82) is 0 Å². The minimum atomic E-state index is -3.31. The number of amides is 1. The summed E-state index contributed by atoms with van der Waals surface area (Å²) in [6.07, 6.45) is 5.81. The minimum absolute atomic E-state index is 0.195. The van der Waals surface area contributed by atoms with E-state index in [0.29, 0.717) is 19.5 Å². The number of carbonyl (C=O) groups is 1. The Morgan fingerprint density at radius 1 is 1.48 bits per heavy atom. The molecule has 0 aromatic carbocycles. The Morgan fingerprint density at radius 2 is 2.29 bits per heavy atom. The van der Waals surface area contributed by atoms with Gasteiger partial charge in [0.15, 0.2) is 0 Å². The van der Waals surface area contributed by atoms with Crippen LogP contribution >= 0.6 is 0 Å². The third-order valence-electron chi connectivity index (χ3n) is 3.57. The second-order valence-electron chi connectivity index (χ2n) is 5.25. The molecule has 1 aromatic rings. The van der Waals surface area contributed by atoms with Gasteiger partial charge < -0.3 is 5.32 Å². The van der Waals surface area contributed by atoms with E-state index in [4.69, 9.17) is 0 Å². The maximum atomic E-state index is 12.1. The Labute approximate surface area is 125 Å². The van der Waals surface area contributed by atoms with Gasteiger partial charge in [-0.1, -0.05) is 6.07 Å². The van der Waals surface area contributed by atoms with Crippen LogP contribution in [-0.4, -0.2) is 49.0 Å². The summed E-state index contributed by atoms with van der Waals surface area (Å²) < 4.78 is 24.5. The summed E-state index contributed by atoms with van der Waals surface area (Å²) in [6.45, 7) is 0.967. The molecule has 1 saturated heterocycles. The SMILES string of the molecule is CS(=O)(=O)N1CCC[C@H]1C(=O)NCCCc1ccccn1. The van der Waals surface area contributed by atoms with Crippen molar-refractivity contribution in [2.24, 2.45) is 0 Å². The summed E-state index contributed by atoms with van der Waals surface area (Å²) in [5.74, 6) is -0.195. The molecule has 0 bridgehead atoms. The summed E-state index contributed by atoms with van der Waals surface area (Å²) in [4.78, 5) is 16.3. The molecule has 7 heteroatoms. The van der Waals surface area contributed by atoms with Gasteiger partial charge in [0.2, 0.25) is 15.9 Å². The third kappa shape index (κ3) is 4.50. The molecule has 0 saturated carbocycles. The molecule has 1 N–H and O–H groups in total. The van der Waals surface area contributed by atoms with Crippen LogP contribution in [0.25, 0.3) is 0 Å². The second kappa shape index (κ2) is 7.00. The second-order valence-corrected chi connectivity index (χ2v) is 7.18. The van der Waals surface area contributed by atoms with Crippen molar-refractivity contribution >= 4 is 15.9 Å². The van der Waals surface area contributed by atoms with Crippen molar-refractivity contribution in [2.45, 2.75) is 31.7 Å². The van der Waals surface area contributed by atoms with E-state index in [1.54, 1.807) is 6.20 Å². The van der Waals surface area contributed by atoms with Crippen LogP contribution in [0.4, 0.5) is 0 Å². The zero-order valence-corrected chi connectivity index (χ0v) is 13.0. The average molecular weight is 311 g/mol. The number of aromatic nitrogens is 1. The molecule has 2 rings (SSSR count). The highest BCUT2D eigenvalue weighted by atomic mass is 32.2. The van der Waals surface area contributed by atoms with E-state index in [-0.39, 0.29) is 5.91 Å². The number of nitrogens with zero attached hydrogens (tertiary/aromatic N) is 2. The van der Waals surface area contributed by atoms with Gasteiger partial charge in [-0.3, -0.25) is 9.78 Å². The van der Waals surface area contributed by atoms with Crippen molar-refractivity contribution in [3.8, 4) is 0 Å². The predicted molar refractivity (Wildman–Crippen MR) is 80.1 cm³/mol. The summed E-state index contributed by atoms with van der Waals surface area (Å²) >= 11 is 0. The predicted octanol–water partition coefficient (Wildman–Crippen LogP) is 0.554. The first-order valence-electron chi connectivity index (χ1n) is 7.13. The molecular formula is C14H21N3O3S. The van der Waals surface area contributed by atoms with E-state index in [9.17, 15) is 13.2 Å². The molecule has 2 heterocycles. The highest BCUT2D eigenvalue weighted by Gasteiger charge is 2.36. The van der Waals surface area contributed by atoms with Gasteiger partial charge in [0.25, 0.3) is 0 Å². The highest BCUT2D eigenvalue weighted by Crippen LogP contribution is 2.20. The van der Waals surface area contributed by atoms with E-state index < -0.39 is 16.1 Å². The molecule has 1 amide bonds. The topological polar surface area (TPSA) is 79.4 Å². The van der Waals surface area contributed by atoms with E-state index in [2.05, 4.69) is 10.3 Å². The van der Waals surface area contributed by atoms with Crippen molar-refractivity contribution in [2.75, 3.05) is 19.3 Å². The minimum Gasteiger partial charge on any atom is -0.355 e. The van der Waals surface area contributed by atoms with E-state index in [0.717, 1.165) is 31.2 Å². The Kier molecular flexibility index (Phi) is 5.30. The van der Waals surface area contributed by atoms with Crippen LogP contribution in [0, 0.1) is 0 Å². The third-order valence-corrected chi connectivity index (χ3v) is 4.86. The zero-order valence-electron chi connectivity index (χ0n) is 12.2. The van der Waals surface area contributed by atoms with Crippen molar-refractivity contribution in [3.05, 3.63) is 30.1 Å². The Bertz CT molecular complexity index is 574. The van der Waals surface area contributed by atoms with Gasteiger partial charge in [-0.2, -0.15) is 4.31 Å². The van der Waals surface area contributed by atoms with Crippen LogP contribution in [0.2, 0.25) is 0 Å². The molecule has 0 unspecified atom stereocenters. The van der Waals surface area contributed by atoms with E-state index >= 15 is 0 Å². The van der Waals surface area contributed by atoms with Crippen LogP contribution in [-0.2, 0) is 21.2 Å². The van der Waals surface area contributed by atoms with Gasteiger partial charge in [0.05, 0.1) is 6.26 Å². The molecule has 1 aromatic heterocycles. The maximum Gasteiger partial charge on any atom is 0.238 e. The van der Waals surface area contributed by atoms with Crippen LogP contribution in [0.15, 0.2) is 24.4 Å². The molecule has 6 nitrogen and oxygen atoms in total. The number of hydrogen-bond donors (Lipinski definition) is 1. The molecule has 1 fully saturated rings. The number of aryl methyl sites for hydroxylation is 1. The molecule has 1 aliphatic heterocycles. The van der Waals surface area contributed by atoms with Gasteiger partial charge in [-0.05, 0) is 37.8 Å². The number of nitrogens with one attached hydrogen (secondary N) is 1. The largest absolute Gasteiger partial charge is 0.355 e. The van der Waals surface area contributed by atoms with E-state index in [1.807, 2.05) is 18.2 Å². The first-order valence-corrected chi connectivity index (χ1v) is 8.98. The van der Waals surface area contributed by atoms with Gasteiger partial charge in [0.1, 0.15) is 6.04 Å². The van der Waals surface area contributed by atoms with Gasteiger partial charge in [-0.15, -0.1) is 0 Å². The standard InChI is InChI=1S/C14H21N3O3S/c1-21(19,20)17-11-5-8-13(17)14(18)16-10-4-7-12-6-2-3-9-15-12/h2-3,6,9,13H,4-5,7-8,10-11H2,1H3,(H,16,18)/t13-/m0/s1. The summed E-state index contributed by atoms with van der Waals surface area (Å²) in [5.41, 5.74) is 0.991. The fourth-order valence-electron chi connectivity index (χ4n) is 2.54. The molecule has 0 spiro atoms. The summed E-state index contributed by atoms with van der Waals surface area (Å²) in [5, 5.41) is 2.82. The van der Waals surface area contributed by atoms with E-state index in [1.165, 1.54) is 4.31 Å². The van der Waals surface area contributed by atoms with Crippen LogP contribution in [0.1, 0.15) is 25.0 Å². The molecule has 1 atom stereocenters. The van der Waals surface area contributed by atoms with Crippen LogP contribution < -0.4 is 5.32 Å². The number of pyridine rings is 1. The van der Waals surface area contributed by atoms with Crippen LogP contribution in [0.5, 0.6) is 0 Å². The van der Waals surface area contributed by atoms with Crippen molar-refractivity contribution < 1.29 is 13.2 Å². The molecule has 21 heavy (non-hydrogen) atoms. The number of sulfonamides is 1. The van der Waals surface area contributed by atoms with Crippen molar-refractivity contribution in [1.82, 2.24) is 14.6 Å². The fraction of sp³-hybridized carbons (Fsp3) is 0.571. The molecule has 0 radical (unpaired) electrons. The molecule has 116 valence electrons.